The number of benzene rings is 7. The third-order valence-electron chi connectivity index (χ3n) is 18.0. The molecule has 28 nitrogen and oxygen atoms in total. The van der Waals surface area contributed by atoms with Gasteiger partial charge in [0, 0.05) is 27.7 Å². The zero-order valence-corrected chi connectivity index (χ0v) is 60.1. The van der Waals surface area contributed by atoms with Gasteiger partial charge in [0.15, 0.2) is 74.0 Å². The van der Waals surface area contributed by atoms with Crippen LogP contribution in [-0.4, -0.2) is 195 Å². The van der Waals surface area contributed by atoms with Gasteiger partial charge in [0.05, 0.1) is 59.8 Å². The fraction of sp³-hybridized carbons (Fsp3) is 0.370. The first kappa shape index (κ1) is 79.4. The molecule has 2 N–H and O–H groups in total. The molecule has 11 rings (SSSR count). The number of amides is 1. The standard InChI is InChI=1S/C81H83NO27/c1-46-62(102-73(87)54-32-18-9-19-33-54)67(104-75(89)56-36-22-11-23-37-56)70(105-76(90)57-38-24-12-25-39-57)79(96-46)108-68-63(103-74(88)55-34-20-10-21-35-55)47(2)97-80(71(68)106-77(91)58-40-26-13-27-41-58)109-72-69(99-51(6)86)65(98-50(5)85)60(45-94-49(4)84)101-81(72)107-66-61(82-48(3)83)78(92)100-59(44-93-42-52-28-14-7-15-29-52)64(66)95-43-53-30-16-8-17-31-53/h7-41,46-47,59-72,78-81,92H,42-45H2,1-6H3,(H,82,83)/t46-,47-,59+,60+,61+,62-,63-,64+,65-,66+,67+,68+,69-,70+,71+,72+,78-,79-,80-,81-/m0/s1. The van der Waals surface area contributed by atoms with E-state index in [0.29, 0.717) is 5.56 Å². The fourth-order valence-corrected chi connectivity index (χ4v) is 12.9. The fourth-order valence-electron chi connectivity index (χ4n) is 12.9. The van der Waals surface area contributed by atoms with Gasteiger partial charge in [-0.3, -0.25) is 19.2 Å². The minimum absolute atomic E-state index is 0.00746. The van der Waals surface area contributed by atoms with E-state index in [2.05, 4.69) is 5.32 Å². The number of ether oxygens (including phenoxy) is 17. The summed E-state index contributed by atoms with van der Waals surface area (Å²) in [4.78, 5) is 127. The second-order valence-corrected chi connectivity index (χ2v) is 25.9. The SMILES string of the molecule is CC(=O)N[C@@H]1[C@@H](O[C@@H]2O[C@H](COC(C)=O)[C@H](OC(C)=O)[C@H](OC(C)=O)[C@H]2O[C@@H]2O[C@@H](C)[C@H](OC(=O)c3ccccc3)[C@@H](O[C@@H]3O[C@@H](C)[C@H](OC(=O)c4ccccc4)[C@@H](OC(=O)c4ccccc4)[C@H]3OC(=O)c3ccccc3)[C@H]2OC(=O)c2ccccc2)[C@H](OCc2ccccc2)[C@@H](COCc2ccccc2)O[C@@H]1O. The van der Waals surface area contributed by atoms with E-state index in [4.69, 9.17) is 80.5 Å². The van der Waals surface area contributed by atoms with Gasteiger partial charge in [0.25, 0.3) is 0 Å². The Hall–Kier alpha value is -10.6. The van der Waals surface area contributed by atoms with Crippen molar-refractivity contribution < 1.29 is 129 Å². The monoisotopic (exact) mass is 1500 g/mol. The van der Waals surface area contributed by atoms with Crippen molar-refractivity contribution in [3.8, 4) is 0 Å². The lowest BCUT2D eigenvalue weighted by Crippen LogP contribution is -2.70. The highest BCUT2D eigenvalue weighted by atomic mass is 16.8. The molecule has 4 fully saturated rings. The van der Waals surface area contributed by atoms with E-state index in [1.165, 1.54) is 93.6 Å². The van der Waals surface area contributed by atoms with Crippen LogP contribution in [0.3, 0.4) is 0 Å². The Morgan fingerprint density at radius 2 is 0.679 bits per heavy atom. The van der Waals surface area contributed by atoms with Gasteiger partial charge in [-0.2, -0.15) is 0 Å². The predicted octanol–water partition coefficient (Wildman–Crippen LogP) is 7.94. The summed E-state index contributed by atoms with van der Waals surface area (Å²) < 4.78 is 111. The van der Waals surface area contributed by atoms with Crippen molar-refractivity contribution in [1.29, 1.82) is 0 Å². The zero-order valence-electron chi connectivity index (χ0n) is 60.1. The van der Waals surface area contributed by atoms with Crippen LogP contribution in [0.15, 0.2) is 212 Å². The largest absolute Gasteiger partial charge is 0.463 e. The first-order valence-corrected chi connectivity index (χ1v) is 35.2. The van der Waals surface area contributed by atoms with Crippen molar-refractivity contribution in [2.75, 3.05) is 13.2 Å². The van der Waals surface area contributed by atoms with Crippen LogP contribution in [0.1, 0.15) is 104 Å². The molecule has 7 aromatic rings. The molecule has 28 heteroatoms. The highest BCUT2D eigenvalue weighted by molar-refractivity contribution is 5.92. The highest BCUT2D eigenvalue weighted by Gasteiger charge is 2.61. The molecule has 0 unspecified atom stereocenters. The molecule has 4 aliphatic rings. The Morgan fingerprint density at radius 3 is 1.10 bits per heavy atom. The molecule has 4 aliphatic heterocycles. The van der Waals surface area contributed by atoms with E-state index in [9.17, 15) is 43.5 Å². The molecule has 0 radical (unpaired) electrons. The summed E-state index contributed by atoms with van der Waals surface area (Å²) in [6, 6.07) is 54.9. The molecule has 109 heavy (non-hydrogen) atoms. The minimum Gasteiger partial charge on any atom is -0.463 e. The minimum atomic E-state index is -2.16. The van der Waals surface area contributed by atoms with Crippen LogP contribution in [0.4, 0.5) is 0 Å². The van der Waals surface area contributed by atoms with Crippen LogP contribution in [0.25, 0.3) is 0 Å². The van der Waals surface area contributed by atoms with Crippen LogP contribution in [0.5, 0.6) is 0 Å². The van der Waals surface area contributed by atoms with E-state index in [1.54, 1.807) is 109 Å². The number of carbonyl (C=O) groups excluding carboxylic acids is 9. The molecule has 0 bridgehead atoms. The first-order valence-electron chi connectivity index (χ1n) is 35.2. The third kappa shape index (κ3) is 21.0. The molecule has 0 spiro atoms. The summed E-state index contributed by atoms with van der Waals surface area (Å²) >= 11 is 0. The molecule has 574 valence electrons. The number of esters is 8. The third-order valence-corrected chi connectivity index (χ3v) is 18.0. The maximum atomic E-state index is 15.2. The van der Waals surface area contributed by atoms with E-state index in [-0.39, 0.29) is 47.6 Å². The normalized spacial score (nSPS) is 27.9. The molecule has 1 amide bonds. The second kappa shape index (κ2) is 37.9. The lowest BCUT2D eigenvalue weighted by molar-refractivity contribution is -0.390. The van der Waals surface area contributed by atoms with E-state index in [0.717, 1.165) is 26.3 Å². The Balaban J connectivity index is 1.07. The number of aliphatic hydroxyl groups excluding tert-OH is 1. The van der Waals surface area contributed by atoms with Crippen LogP contribution in [0, 0.1) is 0 Å². The molecule has 4 heterocycles. The lowest BCUT2D eigenvalue weighted by atomic mass is 9.94. The van der Waals surface area contributed by atoms with E-state index in [1.807, 2.05) is 30.3 Å². The van der Waals surface area contributed by atoms with Gasteiger partial charge in [-0.25, -0.2) is 24.0 Å². The van der Waals surface area contributed by atoms with Crippen molar-refractivity contribution in [1.82, 2.24) is 5.32 Å². The number of hydrogen-bond donors (Lipinski definition) is 2. The topological polar surface area (TPSA) is 343 Å². The molecule has 0 aromatic heterocycles. The van der Waals surface area contributed by atoms with Crippen LogP contribution in [-0.2, 0) is 113 Å². The average molecular weight is 1500 g/mol. The maximum absolute atomic E-state index is 15.2. The summed E-state index contributed by atoms with van der Waals surface area (Å²) in [6.07, 6.45) is -34.3. The Labute approximate surface area is 627 Å². The number of carbonyl (C=O) groups is 9. The van der Waals surface area contributed by atoms with E-state index < -0.39 is 183 Å². The molecule has 4 saturated heterocycles. The molecular weight excluding hydrogens is 1420 g/mol. The van der Waals surface area contributed by atoms with Crippen molar-refractivity contribution >= 4 is 53.7 Å². The Morgan fingerprint density at radius 1 is 0.339 bits per heavy atom. The first-order chi connectivity index (χ1) is 52.7. The van der Waals surface area contributed by atoms with Crippen LogP contribution in [0.2, 0.25) is 0 Å². The van der Waals surface area contributed by atoms with Crippen molar-refractivity contribution in [2.24, 2.45) is 0 Å². The highest BCUT2D eigenvalue weighted by Crippen LogP contribution is 2.41. The van der Waals surface area contributed by atoms with Gasteiger partial charge < -0.3 is 90.9 Å². The van der Waals surface area contributed by atoms with Crippen molar-refractivity contribution in [3.63, 3.8) is 0 Å². The average Bonchev–Trinajstić information content (AvgIpc) is 0.757. The molecular formula is C81H83NO27. The molecule has 0 aliphatic carbocycles. The van der Waals surface area contributed by atoms with Gasteiger partial charge >= 0.3 is 47.8 Å². The Bertz CT molecular complexity index is 4170. The van der Waals surface area contributed by atoms with Gasteiger partial charge in [-0.15, -0.1) is 0 Å². The Kier molecular flexibility index (Phi) is 27.6. The van der Waals surface area contributed by atoms with Crippen molar-refractivity contribution in [2.45, 2.75) is 178 Å². The van der Waals surface area contributed by atoms with Crippen LogP contribution >= 0.6 is 0 Å². The molecule has 7 aromatic carbocycles. The van der Waals surface area contributed by atoms with Gasteiger partial charge in [0.2, 0.25) is 5.91 Å². The quantitative estimate of drug-likeness (QED) is 0.0347. The molecule has 0 saturated carbocycles. The number of hydrogen-bond acceptors (Lipinski definition) is 27. The van der Waals surface area contributed by atoms with Crippen molar-refractivity contribution in [3.05, 3.63) is 251 Å². The summed E-state index contributed by atoms with van der Waals surface area (Å²) in [6.45, 7) is 6.09. The summed E-state index contributed by atoms with van der Waals surface area (Å²) in [5.41, 5.74) is 1.40. The maximum Gasteiger partial charge on any atom is 0.338 e. The van der Waals surface area contributed by atoms with E-state index >= 15 is 4.79 Å². The number of nitrogens with one attached hydrogen (secondary N) is 1. The summed E-state index contributed by atoms with van der Waals surface area (Å²) in [5, 5.41) is 14.9. The van der Waals surface area contributed by atoms with Crippen LogP contribution < -0.4 is 5.32 Å². The smallest absolute Gasteiger partial charge is 0.338 e. The predicted molar refractivity (Wildman–Crippen MR) is 378 cm³/mol. The second-order valence-electron chi connectivity index (χ2n) is 25.9. The zero-order chi connectivity index (χ0) is 77.1. The van der Waals surface area contributed by atoms with Gasteiger partial charge in [-0.1, -0.05) is 152 Å². The summed E-state index contributed by atoms with van der Waals surface area (Å²) in [7, 11) is 0. The molecule has 20 atom stereocenters. The number of aliphatic hydroxyl groups is 1. The summed E-state index contributed by atoms with van der Waals surface area (Å²) in [5.74, 6) is -8.59. The lowest BCUT2D eigenvalue weighted by Gasteiger charge is -2.51. The van der Waals surface area contributed by atoms with Gasteiger partial charge in [0.1, 0.15) is 43.2 Å². The van der Waals surface area contributed by atoms with Gasteiger partial charge in [-0.05, 0) is 85.6 Å². The number of rotatable bonds is 28.